The van der Waals surface area contributed by atoms with Crippen molar-refractivity contribution in [1.29, 1.82) is 0 Å². The molecule has 1 saturated heterocycles. The van der Waals surface area contributed by atoms with Gasteiger partial charge in [-0.2, -0.15) is 0 Å². The van der Waals surface area contributed by atoms with Crippen LogP contribution in [-0.4, -0.2) is 48.6 Å². The molecular formula is C17H30N4. The van der Waals surface area contributed by atoms with E-state index in [1.54, 1.807) is 0 Å². The molecular weight excluding hydrogens is 260 g/mol. The molecule has 21 heavy (non-hydrogen) atoms. The molecule has 0 aliphatic carbocycles. The minimum absolute atomic E-state index is 0.509. The van der Waals surface area contributed by atoms with Crippen LogP contribution >= 0.6 is 0 Å². The first kappa shape index (κ1) is 16.2. The summed E-state index contributed by atoms with van der Waals surface area (Å²) in [6, 6.07) is 5.52. The number of aromatic nitrogens is 1. The molecule has 1 aliphatic heterocycles. The lowest BCUT2D eigenvalue weighted by molar-refractivity contribution is 0.270. The summed E-state index contributed by atoms with van der Waals surface area (Å²) in [6.45, 7) is 11.0. The first-order valence-corrected chi connectivity index (χ1v) is 8.23. The Bertz CT molecular complexity index is 415. The quantitative estimate of drug-likeness (QED) is 0.836. The highest BCUT2D eigenvalue weighted by Crippen LogP contribution is 2.19. The van der Waals surface area contributed by atoms with Crippen molar-refractivity contribution in [3.63, 3.8) is 0 Å². The van der Waals surface area contributed by atoms with Gasteiger partial charge < -0.3 is 10.2 Å². The molecule has 0 saturated carbocycles. The maximum absolute atomic E-state index is 4.62. The van der Waals surface area contributed by atoms with Crippen molar-refractivity contribution >= 4 is 5.82 Å². The van der Waals surface area contributed by atoms with Crippen LogP contribution in [0.3, 0.4) is 0 Å². The van der Waals surface area contributed by atoms with Crippen LogP contribution in [0.25, 0.3) is 0 Å². The van der Waals surface area contributed by atoms with Crippen molar-refractivity contribution in [3.8, 4) is 0 Å². The van der Waals surface area contributed by atoms with E-state index in [1.165, 1.54) is 24.9 Å². The molecule has 2 heterocycles. The van der Waals surface area contributed by atoms with Gasteiger partial charge in [-0.05, 0) is 37.6 Å². The van der Waals surface area contributed by atoms with E-state index in [0.717, 1.165) is 25.5 Å². The fourth-order valence-corrected chi connectivity index (χ4v) is 3.00. The number of nitrogens with one attached hydrogen (secondary N) is 1. The first-order chi connectivity index (χ1) is 10.1. The zero-order chi connectivity index (χ0) is 15.2. The van der Waals surface area contributed by atoms with Gasteiger partial charge >= 0.3 is 0 Å². The molecule has 0 aromatic carbocycles. The highest BCUT2D eigenvalue weighted by atomic mass is 15.2. The third kappa shape index (κ3) is 4.68. The van der Waals surface area contributed by atoms with Crippen molar-refractivity contribution in [2.45, 2.75) is 52.2 Å². The molecule has 1 aliphatic rings. The van der Waals surface area contributed by atoms with Crippen LogP contribution < -0.4 is 10.2 Å². The molecule has 2 rings (SSSR count). The predicted molar refractivity (Wildman–Crippen MR) is 89.8 cm³/mol. The van der Waals surface area contributed by atoms with Crippen LogP contribution in [0.4, 0.5) is 5.82 Å². The van der Waals surface area contributed by atoms with E-state index in [4.69, 9.17) is 0 Å². The number of hydrogen-bond donors (Lipinski definition) is 1. The Morgan fingerprint density at radius 2 is 2.24 bits per heavy atom. The topological polar surface area (TPSA) is 31.4 Å². The second kappa shape index (κ2) is 7.76. The summed E-state index contributed by atoms with van der Waals surface area (Å²) in [5.41, 5.74) is 1.25. The van der Waals surface area contributed by atoms with Gasteiger partial charge in [0.15, 0.2) is 0 Å². The Morgan fingerprint density at radius 3 is 2.86 bits per heavy atom. The second-order valence-electron chi connectivity index (χ2n) is 6.37. The third-order valence-electron chi connectivity index (χ3n) is 4.30. The van der Waals surface area contributed by atoms with Gasteiger partial charge in [0, 0.05) is 38.4 Å². The van der Waals surface area contributed by atoms with E-state index in [9.17, 15) is 0 Å². The second-order valence-corrected chi connectivity index (χ2v) is 6.37. The maximum atomic E-state index is 4.62. The van der Waals surface area contributed by atoms with Gasteiger partial charge in [-0.25, -0.2) is 4.98 Å². The molecule has 0 amide bonds. The van der Waals surface area contributed by atoms with E-state index in [1.807, 2.05) is 6.20 Å². The zero-order valence-electron chi connectivity index (χ0n) is 14.0. The van der Waals surface area contributed by atoms with Gasteiger partial charge in [-0.15, -0.1) is 0 Å². The fourth-order valence-electron chi connectivity index (χ4n) is 3.00. The lowest BCUT2D eigenvalue weighted by atomic mass is 10.2. The summed E-state index contributed by atoms with van der Waals surface area (Å²) in [5.74, 6) is 1.08. The van der Waals surface area contributed by atoms with Gasteiger partial charge in [-0.1, -0.05) is 26.8 Å². The lowest BCUT2D eigenvalue weighted by Gasteiger charge is -2.28. The highest BCUT2D eigenvalue weighted by Gasteiger charge is 2.24. The summed E-state index contributed by atoms with van der Waals surface area (Å²) < 4.78 is 0. The van der Waals surface area contributed by atoms with Crippen molar-refractivity contribution < 1.29 is 0 Å². The van der Waals surface area contributed by atoms with Crippen LogP contribution in [0.5, 0.6) is 0 Å². The van der Waals surface area contributed by atoms with E-state index in [-0.39, 0.29) is 0 Å². The molecule has 4 heteroatoms. The SMILES string of the molecule is CCN1CCCC1CN(C)c1ccc(CNC(C)C)cn1. The number of hydrogen-bond acceptors (Lipinski definition) is 4. The van der Waals surface area contributed by atoms with Crippen molar-refractivity contribution in [2.24, 2.45) is 0 Å². The highest BCUT2D eigenvalue weighted by molar-refractivity contribution is 5.38. The van der Waals surface area contributed by atoms with Gasteiger partial charge in [-0.3, -0.25) is 4.90 Å². The standard InChI is InChI=1S/C17H30N4/c1-5-21-10-6-7-16(21)13-20(4)17-9-8-15(12-19-17)11-18-14(2)3/h8-9,12,14,16,18H,5-7,10-11,13H2,1-4H3. The van der Waals surface area contributed by atoms with Gasteiger partial charge in [0.2, 0.25) is 0 Å². The van der Waals surface area contributed by atoms with Crippen LogP contribution in [0, 0.1) is 0 Å². The molecule has 0 radical (unpaired) electrons. The summed E-state index contributed by atoms with van der Waals surface area (Å²) in [6.07, 6.45) is 4.64. The average Bonchev–Trinajstić information content (AvgIpc) is 2.92. The first-order valence-electron chi connectivity index (χ1n) is 8.23. The smallest absolute Gasteiger partial charge is 0.128 e. The summed E-state index contributed by atoms with van der Waals surface area (Å²) in [4.78, 5) is 9.49. The molecule has 118 valence electrons. The van der Waals surface area contributed by atoms with Crippen molar-refractivity contribution in [1.82, 2.24) is 15.2 Å². The molecule has 0 spiro atoms. The third-order valence-corrected chi connectivity index (χ3v) is 4.30. The molecule has 0 bridgehead atoms. The lowest BCUT2D eigenvalue weighted by Crippen LogP contribution is -2.39. The van der Waals surface area contributed by atoms with Gasteiger partial charge in [0.05, 0.1) is 0 Å². The minimum atomic E-state index is 0.509. The maximum Gasteiger partial charge on any atom is 0.128 e. The van der Waals surface area contributed by atoms with Crippen LogP contribution in [0.2, 0.25) is 0 Å². The van der Waals surface area contributed by atoms with E-state index in [0.29, 0.717) is 12.1 Å². The average molecular weight is 290 g/mol. The summed E-state index contributed by atoms with van der Waals surface area (Å²) in [5, 5.41) is 3.42. The number of likely N-dealkylation sites (tertiary alicyclic amines) is 1. The Hall–Kier alpha value is -1.13. The largest absolute Gasteiger partial charge is 0.358 e. The number of anilines is 1. The number of pyridine rings is 1. The van der Waals surface area contributed by atoms with Crippen LogP contribution in [0.15, 0.2) is 18.3 Å². The number of likely N-dealkylation sites (N-methyl/N-ethyl adjacent to an activating group) is 2. The Labute approximate surface area is 129 Å². The minimum Gasteiger partial charge on any atom is -0.358 e. The van der Waals surface area contributed by atoms with Crippen molar-refractivity contribution in [3.05, 3.63) is 23.9 Å². The molecule has 1 N–H and O–H groups in total. The Kier molecular flexibility index (Phi) is 6.00. The fraction of sp³-hybridized carbons (Fsp3) is 0.706. The predicted octanol–water partition coefficient (Wildman–Crippen LogP) is 2.50. The normalized spacial score (nSPS) is 19.4. The molecule has 1 unspecified atom stereocenters. The molecule has 1 aromatic heterocycles. The zero-order valence-corrected chi connectivity index (χ0v) is 14.0. The van der Waals surface area contributed by atoms with Crippen molar-refractivity contribution in [2.75, 3.05) is 31.6 Å². The van der Waals surface area contributed by atoms with Gasteiger partial charge in [0.25, 0.3) is 0 Å². The van der Waals surface area contributed by atoms with E-state index < -0.39 is 0 Å². The summed E-state index contributed by atoms with van der Waals surface area (Å²) >= 11 is 0. The van der Waals surface area contributed by atoms with Crippen LogP contribution in [-0.2, 0) is 6.54 Å². The van der Waals surface area contributed by atoms with E-state index in [2.05, 4.69) is 60.1 Å². The molecule has 1 atom stereocenters. The van der Waals surface area contributed by atoms with Crippen LogP contribution in [0.1, 0.15) is 39.2 Å². The summed E-state index contributed by atoms with van der Waals surface area (Å²) in [7, 11) is 2.15. The number of nitrogens with zero attached hydrogens (tertiary/aromatic N) is 3. The molecule has 4 nitrogen and oxygen atoms in total. The van der Waals surface area contributed by atoms with E-state index >= 15 is 0 Å². The monoisotopic (exact) mass is 290 g/mol. The number of rotatable bonds is 7. The molecule has 1 aromatic rings. The molecule has 1 fully saturated rings. The Balaban J connectivity index is 1.88. The Morgan fingerprint density at radius 1 is 1.43 bits per heavy atom. The van der Waals surface area contributed by atoms with Gasteiger partial charge in [0.1, 0.15) is 5.82 Å².